The molecule has 8 rings (SSSR count). The summed E-state index contributed by atoms with van der Waals surface area (Å²) in [6.07, 6.45) is 11.4. The zero-order valence-electron chi connectivity index (χ0n) is 35.1. The number of likely N-dealkylation sites (tertiary alicyclic amines) is 2. The molecule has 3 saturated heterocycles. The average molecular weight is 838 g/mol. The van der Waals surface area contributed by atoms with Gasteiger partial charge in [-0.05, 0) is 144 Å². The lowest BCUT2D eigenvalue weighted by Gasteiger charge is -2.15. The van der Waals surface area contributed by atoms with Gasteiger partial charge in [0.05, 0.1) is 6.10 Å². The van der Waals surface area contributed by atoms with E-state index in [1.807, 2.05) is 86.8 Å². The predicted molar refractivity (Wildman–Crippen MR) is 243 cm³/mol. The molecule has 0 radical (unpaired) electrons. The van der Waals surface area contributed by atoms with Crippen molar-refractivity contribution in [2.45, 2.75) is 65.0 Å². The third-order valence-electron chi connectivity index (χ3n) is 10.5. The first kappa shape index (κ1) is 44.3. The van der Waals surface area contributed by atoms with Crippen molar-refractivity contribution in [3.8, 4) is 11.5 Å². The molecule has 5 aromatic rings. The lowest BCUT2D eigenvalue weighted by molar-refractivity contribution is 0.120. The highest BCUT2D eigenvalue weighted by atomic mass is 35.5. The van der Waals surface area contributed by atoms with Crippen molar-refractivity contribution in [2.24, 2.45) is 0 Å². The Morgan fingerprint density at radius 1 is 0.717 bits per heavy atom. The van der Waals surface area contributed by atoms with Crippen molar-refractivity contribution in [3.63, 3.8) is 0 Å². The minimum absolute atomic E-state index is 0.265. The molecule has 0 saturated carbocycles. The van der Waals surface area contributed by atoms with Gasteiger partial charge in [-0.1, -0.05) is 30.3 Å². The summed E-state index contributed by atoms with van der Waals surface area (Å²) in [4.78, 5) is 22.0. The van der Waals surface area contributed by atoms with Crippen molar-refractivity contribution >= 4 is 40.6 Å². The standard InChI is InChI=1S/C22H31N5O2.C12H12ClN3.C12H18N2O/c1-17-15-24-22(26-21(17)23-16-20-5-4-13-28-20)25-18-6-8-19(9-7-18)29-14-12-27-10-2-3-11-27;1-9-7-15-12(13)16-11(9)14-8-10-5-3-2-4-6-10;13-11-3-5-12(6-4-11)15-10-9-14-7-1-2-8-14/h6-9,15,20H,2-5,10-14,16H2,1H3,(H2,23,24,25,26);2-7H,8H2,1H3,(H,14,15,16);3-6H,1-2,7-10,13H2. The third kappa shape index (κ3) is 15.4. The maximum Gasteiger partial charge on any atom is 0.229 e. The van der Waals surface area contributed by atoms with Crippen LogP contribution in [-0.2, 0) is 11.3 Å². The Hall–Kier alpha value is -5.21. The topological polar surface area (TPSA) is 148 Å². The zero-order valence-corrected chi connectivity index (χ0v) is 35.9. The Bertz CT molecular complexity index is 1970. The van der Waals surface area contributed by atoms with Crippen molar-refractivity contribution < 1.29 is 14.2 Å². The van der Waals surface area contributed by atoms with Crippen molar-refractivity contribution in [3.05, 3.63) is 113 Å². The summed E-state index contributed by atoms with van der Waals surface area (Å²) in [5.41, 5.74) is 10.5. The minimum atomic E-state index is 0.265. The smallest absolute Gasteiger partial charge is 0.229 e. The SMILES string of the molecule is Cc1cnc(Cl)nc1NCc1ccccc1.Cc1cnc(Nc2ccc(OCCN3CCCC3)cc2)nc1NCC1CCCO1.Nc1ccc(OCCN2CCCC2)cc1. The van der Waals surface area contributed by atoms with Crippen LogP contribution in [0.15, 0.2) is 91.3 Å². The Balaban J connectivity index is 0.000000165. The van der Waals surface area contributed by atoms with Gasteiger partial charge in [0.25, 0.3) is 0 Å². The molecule has 1 unspecified atom stereocenters. The zero-order chi connectivity index (χ0) is 41.8. The van der Waals surface area contributed by atoms with Crippen LogP contribution in [0, 0.1) is 13.8 Å². The lowest BCUT2D eigenvalue weighted by Crippen LogP contribution is -2.25. The van der Waals surface area contributed by atoms with Gasteiger partial charge in [0.15, 0.2) is 0 Å². The Labute approximate surface area is 360 Å². The number of rotatable bonds is 16. The second-order valence-electron chi connectivity index (χ2n) is 15.3. The molecule has 5 heterocycles. The number of nitrogens with two attached hydrogens (primary N) is 1. The van der Waals surface area contributed by atoms with E-state index in [9.17, 15) is 0 Å². The van der Waals surface area contributed by atoms with E-state index >= 15 is 0 Å². The van der Waals surface area contributed by atoms with Gasteiger partial charge in [-0.15, -0.1) is 0 Å². The van der Waals surface area contributed by atoms with E-state index in [1.54, 1.807) is 6.20 Å². The first-order valence-electron chi connectivity index (χ1n) is 21.3. The molecule has 0 amide bonds. The fourth-order valence-corrected chi connectivity index (χ4v) is 7.14. The van der Waals surface area contributed by atoms with Crippen LogP contribution in [0.25, 0.3) is 0 Å². The van der Waals surface area contributed by atoms with Gasteiger partial charge in [0, 0.05) is 67.7 Å². The van der Waals surface area contributed by atoms with Gasteiger partial charge in [-0.2, -0.15) is 4.98 Å². The monoisotopic (exact) mass is 836 g/mol. The number of benzene rings is 3. The molecule has 2 aromatic heterocycles. The maximum atomic E-state index is 5.87. The van der Waals surface area contributed by atoms with Crippen LogP contribution >= 0.6 is 11.6 Å². The maximum absolute atomic E-state index is 5.87. The molecule has 0 aliphatic carbocycles. The van der Waals surface area contributed by atoms with Crippen LogP contribution < -0.4 is 31.2 Å². The van der Waals surface area contributed by atoms with Crippen LogP contribution in [0.1, 0.15) is 55.2 Å². The number of hydrogen-bond acceptors (Lipinski definition) is 13. The highest BCUT2D eigenvalue weighted by Gasteiger charge is 2.16. The summed E-state index contributed by atoms with van der Waals surface area (Å²) in [7, 11) is 0. The number of halogens is 1. The van der Waals surface area contributed by atoms with E-state index in [4.69, 9.17) is 31.5 Å². The number of nitrogen functional groups attached to an aromatic ring is 1. The molecule has 3 aromatic carbocycles. The fourth-order valence-electron chi connectivity index (χ4n) is 7.00. The summed E-state index contributed by atoms with van der Waals surface area (Å²) < 4.78 is 17.2. The number of anilines is 5. The molecule has 3 fully saturated rings. The number of hydrogen-bond donors (Lipinski definition) is 4. The predicted octanol–water partition coefficient (Wildman–Crippen LogP) is 8.39. The molecule has 14 heteroatoms. The van der Waals surface area contributed by atoms with Crippen LogP contribution in [0.2, 0.25) is 5.28 Å². The van der Waals surface area contributed by atoms with E-state index in [2.05, 4.69) is 57.8 Å². The molecule has 3 aliphatic heterocycles. The van der Waals surface area contributed by atoms with Crippen LogP contribution in [-0.4, -0.2) is 101 Å². The summed E-state index contributed by atoms with van der Waals surface area (Å²) in [5, 5.41) is 10.2. The van der Waals surface area contributed by atoms with Gasteiger partial charge in [0.2, 0.25) is 11.2 Å². The Morgan fingerprint density at radius 3 is 1.90 bits per heavy atom. The van der Waals surface area contributed by atoms with Gasteiger partial charge in [-0.25, -0.2) is 15.0 Å². The number of aromatic nitrogens is 4. The highest BCUT2D eigenvalue weighted by Crippen LogP contribution is 2.22. The molecule has 5 N–H and O–H groups in total. The van der Waals surface area contributed by atoms with Gasteiger partial charge in [-0.3, -0.25) is 9.80 Å². The molecular weight excluding hydrogens is 776 g/mol. The second kappa shape index (κ2) is 24.1. The third-order valence-corrected chi connectivity index (χ3v) is 10.7. The number of ether oxygens (including phenoxy) is 3. The molecule has 0 bridgehead atoms. The Kier molecular flexibility index (Phi) is 17.8. The van der Waals surface area contributed by atoms with Crippen LogP contribution in [0.4, 0.5) is 29.0 Å². The summed E-state index contributed by atoms with van der Waals surface area (Å²) in [5.74, 6) is 4.00. The molecule has 60 heavy (non-hydrogen) atoms. The normalized spacial score (nSPS) is 16.3. The molecule has 1 atom stereocenters. The number of nitrogens with zero attached hydrogens (tertiary/aromatic N) is 6. The average Bonchev–Trinajstić information content (AvgIpc) is 4.10. The molecular formula is C46H61ClN10O3. The highest BCUT2D eigenvalue weighted by molar-refractivity contribution is 6.28. The van der Waals surface area contributed by atoms with Crippen molar-refractivity contribution in [1.29, 1.82) is 0 Å². The summed E-state index contributed by atoms with van der Waals surface area (Å²) in [6.45, 7) is 14.7. The van der Waals surface area contributed by atoms with Crippen LogP contribution in [0.3, 0.4) is 0 Å². The first-order valence-corrected chi connectivity index (χ1v) is 21.6. The number of nitrogens with one attached hydrogen (secondary N) is 3. The second-order valence-corrected chi connectivity index (χ2v) is 15.6. The Morgan fingerprint density at radius 2 is 1.30 bits per heavy atom. The van der Waals surface area contributed by atoms with Gasteiger partial charge >= 0.3 is 0 Å². The quantitative estimate of drug-likeness (QED) is 0.0558. The molecule has 0 spiro atoms. The van der Waals surface area contributed by atoms with E-state index < -0.39 is 0 Å². The van der Waals surface area contributed by atoms with Crippen molar-refractivity contribution in [1.82, 2.24) is 29.7 Å². The van der Waals surface area contributed by atoms with E-state index in [0.29, 0.717) is 5.95 Å². The number of aryl methyl sites for hydroxylation is 2. The van der Waals surface area contributed by atoms with Crippen LogP contribution in [0.5, 0.6) is 11.5 Å². The lowest BCUT2D eigenvalue weighted by atomic mass is 10.2. The van der Waals surface area contributed by atoms with Gasteiger partial charge < -0.3 is 35.9 Å². The molecule has 320 valence electrons. The summed E-state index contributed by atoms with van der Waals surface area (Å²) >= 11 is 5.74. The fraction of sp³-hybridized carbons (Fsp3) is 0.435. The van der Waals surface area contributed by atoms with E-state index in [1.165, 1.54) is 57.4 Å². The van der Waals surface area contributed by atoms with Gasteiger partial charge in [0.1, 0.15) is 36.3 Å². The molecule has 13 nitrogen and oxygen atoms in total. The molecule has 3 aliphatic rings. The largest absolute Gasteiger partial charge is 0.492 e. The van der Waals surface area contributed by atoms with E-state index in [0.717, 1.165) is 104 Å². The van der Waals surface area contributed by atoms with Crippen molar-refractivity contribution in [2.75, 3.05) is 87.3 Å². The first-order chi connectivity index (χ1) is 29.4. The van der Waals surface area contributed by atoms with E-state index in [-0.39, 0.29) is 11.4 Å². The minimum Gasteiger partial charge on any atom is -0.492 e. The summed E-state index contributed by atoms with van der Waals surface area (Å²) in [6, 6.07) is 25.7.